The number of carbonyl (C=O) groups is 1. The molecule has 0 saturated carbocycles. The number of ketones is 1. The molecule has 0 unspecified atom stereocenters. The maximum atomic E-state index is 11.7. The van der Waals surface area contributed by atoms with Gasteiger partial charge in [0.2, 0.25) is 0 Å². The Morgan fingerprint density at radius 3 is 2.94 bits per heavy atom. The smallest absolute Gasteiger partial charge is 0.186 e. The van der Waals surface area contributed by atoms with E-state index in [1.54, 1.807) is 30.3 Å². The van der Waals surface area contributed by atoms with Crippen molar-refractivity contribution in [1.29, 1.82) is 5.26 Å². The van der Waals surface area contributed by atoms with Gasteiger partial charge in [0.25, 0.3) is 0 Å². The van der Waals surface area contributed by atoms with E-state index in [2.05, 4.69) is 6.07 Å². The van der Waals surface area contributed by atoms with Crippen molar-refractivity contribution in [2.75, 3.05) is 0 Å². The molecular formula is C14H9NOS. The van der Waals surface area contributed by atoms with Gasteiger partial charge in [-0.2, -0.15) is 16.6 Å². The molecule has 0 fully saturated rings. The molecule has 2 rings (SSSR count). The number of benzene rings is 1. The standard InChI is InChI=1S/C14H9NOS/c15-9-12-3-1-2-11(8-12)4-5-14(16)13-6-7-17-10-13/h1-8,10H/b5-4-. The van der Waals surface area contributed by atoms with E-state index in [0.717, 1.165) is 5.56 Å². The van der Waals surface area contributed by atoms with Gasteiger partial charge in [-0.15, -0.1) is 0 Å². The zero-order chi connectivity index (χ0) is 12.1. The number of nitriles is 1. The summed E-state index contributed by atoms with van der Waals surface area (Å²) in [7, 11) is 0. The Hall–Kier alpha value is -2.18. The van der Waals surface area contributed by atoms with Crippen molar-refractivity contribution in [3.05, 3.63) is 63.9 Å². The molecule has 0 radical (unpaired) electrons. The van der Waals surface area contributed by atoms with Crippen molar-refractivity contribution >= 4 is 23.2 Å². The Kier molecular flexibility index (Phi) is 3.49. The monoisotopic (exact) mass is 239 g/mol. The molecule has 0 amide bonds. The second kappa shape index (κ2) is 5.24. The molecule has 1 heterocycles. The summed E-state index contributed by atoms with van der Waals surface area (Å²) < 4.78 is 0. The van der Waals surface area contributed by atoms with E-state index in [-0.39, 0.29) is 5.78 Å². The van der Waals surface area contributed by atoms with E-state index in [0.29, 0.717) is 11.1 Å². The number of hydrogen-bond acceptors (Lipinski definition) is 3. The van der Waals surface area contributed by atoms with E-state index >= 15 is 0 Å². The fourth-order valence-corrected chi connectivity index (χ4v) is 2.03. The third-order valence-corrected chi connectivity index (χ3v) is 2.93. The fraction of sp³-hybridized carbons (Fsp3) is 0. The minimum absolute atomic E-state index is 0.0198. The van der Waals surface area contributed by atoms with Gasteiger partial charge >= 0.3 is 0 Å². The lowest BCUT2D eigenvalue weighted by molar-refractivity contribution is 0.104. The molecule has 0 N–H and O–H groups in total. The summed E-state index contributed by atoms with van der Waals surface area (Å²) in [6.07, 6.45) is 3.25. The lowest BCUT2D eigenvalue weighted by Gasteiger charge is -1.93. The molecule has 2 nitrogen and oxygen atoms in total. The average Bonchev–Trinajstić information content (AvgIpc) is 2.90. The number of thiophene rings is 1. The summed E-state index contributed by atoms with van der Waals surface area (Å²) in [6.45, 7) is 0. The van der Waals surface area contributed by atoms with Crippen LogP contribution in [0.4, 0.5) is 0 Å². The van der Waals surface area contributed by atoms with Crippen LogP contribution >= 0.6 is 11.3 Å². The zero-order valence-corrected chi connectivity index (χ0v) is 9.78. The topological polar surface area (TPSA) is 40.9 Å². The number of allylic oxidation sites excluding steroid dienone is 1. The highest BCUT2D eigenvalue weighted by Crippen LogP contribution is 2.10. The number of carbonyl (C=O) groups excluding carboxylic acids is 1. The molecule has 17 heavy (non-hydrogen) atoms. The van der Waals surface area contributed by atoms with Crippen molar-refractivity contribution in [3.8, 4) is 6.07 Å². The van der Waals surface area contributed by atoms with E-state index in [1.165, 1.54) is 17.4 Å². The molecule has 0 aliphatic rings. The lowest BCUT2D eigenvalue weighted by Crippen LogP contribution is -1.90. The molecule has 0 atom stereocenters. The van der Waals surface area contributed by atoms with Gasteiger partial charge in [-0.1, -0.05) is 18.2 Å². The molecule has 0 aliphatic heterocycles. The first-order valence-corrected chi connectivity index (χ1v) is 5.98. The summed E-state index contributed by atoms with van der Waals surface area (Å²) in [6, 6.07) is 11.0. The van der Waals surface area contributed by atoms with Crippen LogP contribution in [-0.4, -0.2) is 5.78 Å². The Morgan fingerprint density at radius 2 is 2.24 bits per heavy atom. The second-order valence-electron chi connectivity index (χ2n) is 3.45. The molecule has 0 bridgehead atoms. The normalized spacial score (nSPS) is 10.3. The van der Waals surface area contributed by atoms with Crippen LogP contribution in [0.15, 0.2) is 47.2 Å². The summed E-state index contributed by atoms with van der Waals surface area (Å²) in [5, 5.41) is 12.4. The molecule has 1 aromatic heterocycles. The average molecular weight is 239 g/mol. The molecule has 0 saturated heterocycles. The largest absolute Gasteiger partial charge is 0.289 e. The van der Waals surface area contributed by atoms with Crippen LogP contribution in [0.3, 0.4) is 0 Å². The Balaban J connectivity index is 2.16. The number of hydrogen-bond donors (Lipinski definition) is 0. The fourth-order valence-electron chi connectivity index (χ4n) is 1.38. The van der Waals surface area contributed by atoms with Crippen LogP contribution in [0.25, 0.3) is 6.08 Å². The third-order valence-electron chi connectivity index (χ3n) is 2.25. The third kappa shape index (κ3) is 2.90. The Labute approximate surface area is 103 Å². The number of nitrogens with zero attached hydrogens (tertiary/aromatic N) is 1. The first-order chi connectivity index (χ1) is 8.29. The summed E-state index contributed by atoms with van der Waals surface area (Å²) in [5.74, 6) is -0.0198. The molecule has 1 aromatic carbocycles. The lowest BCUT2D eigenvalue weighted by atomic mass is 10.1. The molecule has 0 aliphatic carbocycles. The van der Waals surface area contributed by atoms with Crippen molar-refractivity contribution in [2.24, 2.45) is 0 Å². The van der Waals surface area contributed by atoms with Crippen molar-refractivity contribution in [2.45, 2.75) is 0 Å². The molecular weight excluding hydrogens is 230 g/mol. The first kappa shape index (κ1) is 11.3. The minimum Gasteiger partial charge on any atom is -0.289 e. The van der Waals surface area contributed by atoms with Crippen LogP contribution in [0, 0.1) is 11.3 Å². The molecule has 3 heteroatoms. The van der Waals surface area contributed by atoms with Gasteiger partial charge in [-0.05, 0) is 35.2 Å². The van der Waals surface area contributed by atoms with E-state index in [9.17, 15) is 4.79 Å². The van der Waals surface area contributed by atoms with E-state index in [4.69, 9.17) is 5.26 Å². The Bertz CT molecular complexity index is 591. The van der Waals surface area contributed by atoms with Crippen molar-refractivity contribution in [3.63, 3.8) is 0 Å². The highest BCUT2D eigenvalue weighted by molar-refractivity contribution is 7.08. The maximum absolute atomic E-state index is 11.7. The zero-order valence-electron chi connectivity index (χ0n) is 8.96. The van der Waals surface area contributed by atoms with Crippen LogP contribution < -0.4 is 0 Å². The predicted molar refractivity (Wildman–Crippen MR) is 68.8 cm³/mol. The summed E-state index contributed by atoms with van der Waals surface area (Å²) >= 11 is 1.50. The van der Waals surface area contributed by atoms with Gasteiger partial charge in [0.15, 0.2) is 5.78 Å². The van der Waals surface area contributed by atoms with Gasteiger partial charge in [-0.25, -0.2) is 0 Å². The van der Waals surface area contributed by atoms with Gasteiger partial charge in [0.05, 0.1) is 11.6 Å². The van der Waals surface area contributed by atoms with Crippen molar-refractivity contribution in [1.82, 2.24) is 0 Å². The Morgan fingerprint density at radius 1 is 1.35 bits per heavy atom. The SMILES string of the molecule is N#Cc1cccc(/C=C\C(=O)c2ccsc2)c1. The first-order valence-electron chi connectivity index (χ1n) is 5.04. The second-order valence-corrected chi connectivity index (χ2v) is 4.23. The minimum atomic E-state index is -0.0198. The van der Waals surface area contributed by atoms with Gasteiger partial charge in [-0.3, -0.25) is 4.79 Å². The van der Waals surface area contributed by atoms with Crippen molar-refractivity contribution < 1.29 is 4.79 Å². The highest BCUT2D eigenvalue weighted by atomic mass is 32.1. The van der Waals surface area contributed by atoms with Gasteiger partial charge in [0, 0.05) is 10.9 Å². The van der Waals surface area contributed by atoms with Crippen LogP contribution in [-0.2, 0) is 0 Å². The molecule has 0 spiro atoms. The quantitative estimate of drug-likeness (QED) is 0.607. The number of rotatable bonds is 3. The molecule has 82 valence electrons. The van der Waals surface area contributed by atoms with Gasteiger partial charge in [0.1, 0.15) is 0 Å². The summed E-state index contributed by atoms with van der Waals surface area (Å²) in [5.41, 5.74) is 2.14. The van der Waals surface area contributed by atoms with Gasteiger partial charge < -0.3 is 0 Å². The van der Waals surface area contributed by atoms with E-state index < -0.39 is 0 Å². The van der Waals surface area contributed by atoms with Crippen LogP contribution in [0.1, 0.15) is 21.5 Å². The summed E-state index contributed by atoms with van der Waals surface area (Å²) in [4.78, 5) is 11.7. The predicted octanol–water partition coefficient (Wildman–Crippen LogP) is 3.52. The molecule has 2 aromatic rings. The van der Waals surface area contributed by atoms with Crippen LogP contribution in [0.5, 0.6) is 0 Å². The van der Waals surface area contributed by atoms with Crippen LogP contribution in [0.2, 0.25) is 0 Å². The highest BCUT2D eigenvalue weighted by Gasteiger charge is 2.00. The van der Waals surface area contributed by atoms with E-state index in [1.807, 2.05) is 16.8 Å². The maximum Gasteiger partial charge on any atom is 0.186 e.